The Hall–Kier alpha value is -2.55. The maximum absolute atomic E-state index is 4.41. The van der Waals surface area contributed by atoms with Crippen molar-refractivity contribution < 1.29 is 0 Å². The second-order valence-corrected chi connectivity index (χ2v) is 6.25. The van der Waals surface area contributed by atoms with E-state index in [0.717, 1.165) is 18.7 Å². The Morgan fingerprint density at radius 3 is 2.87 bits per heavy atom. The van der Waals surface area contributed by atoms with E-state index < -0.39 is 0 Å². The molecule has 3 aromatic rings. The normalized spacial score (nSPS) is 16.3. The Balaban J connectivity index is 1.75. The van der Waals surface area contributed by atoms with Crippen LogP contribution in [0.1, 0.15) is 35.5 Å². The molecule has 0 radical (unpaired) electrons. The molecule has 1 aromatic carbocycles. The molecule has 0 aliphatic carbocycles. The number of aryl methyl sites for hydroxylation is 3. The van der Waals surface area contributed by atoms with Gasteiger partial charge in [-0.05, 0) is 50.2 Å². The van der Waals surface area contributed by atoms with E-state index in [-0.39, 0.29) is 0 Å². The highest BCUT2D eigenvalue weighted by molar-refractivity contribution is 5.89. The SMILES string of the molecule is Cc1ccc(CCn2c3c(c4ccccc42)C(C)NC=C3)cn1. The lowest BCUT2D eigenvalue weighted by Gasteiger charge is -2.18. The minimum absolute atomic E-state index is 0.349. The summed E-state index contributed by atoms with van der Waals surface area (Å²) in [6.07, 6.45) is 7.25. The minimum Gasteiger partial charge on any atom is -0.384 e. The number of nitrogens with zero attached hydrogens (tertiary/aromatic N) is 2. The van der Waals surface area contributed by atoms with Crippen LogP contribution in [0.3, 0.4) is 0 Å². The fourth-order valence-electron chi connectivity index (χ4n) is 3.47. The van der Waals surface area contributed by atoms with Crippen LogP contribution in [-0.4, -0.2) is 9.55 Å². The van der Waals surface area contributed by atoms with Gasteiger partial charge in [-0.1, -0.05) is 24.3 Å². The van der Waals surface area contributed by atoms with Gasteiger partial charge in [0, 0.05) is 40.6 Å². The number of benzene rings is 1. The van der Waals surface area contributed by atoms with Crippen molar-refractivity contribution in [3.05, 3.63) is 71.3 Å². The van der Waals surface area contributed by atoms with Crippen LogP contribution in [0.2, 0.25) is 0 Å². The summed E-state index contributed by atoms with van der Waals surface area (Å²) in [6.45, 7) is 5.22. The number of fused-ring (bicyclic) bond motifs is 3. The van der Waals surface area contributed by atoms with Crippen LogP contribution in [0.4, 0.5) is 0 Å². The first-order valence-electron chi connectivity index (χ1n) is 8.19. The predicted octanol–water partition coefficient (Wildman–Crippen LogP) is 4.22. The van der Waals surface area contributed by atoms with Crippen LogP contribution in [0, 0.1) is 6.92 Å². The average Bonchev–Trinajstić information content (AvgIpc) is 2.89. The quantitative estimate of drug-likeness (QED) is 0.785. The number of rotatable bonds is 3. The van der Waals surface area contributed by atoms with Crippen molar-refractivity contribution in [3.63, 3.8) is 0 Å². The van der Waals surface area contributed by atoms with Crippen molar-refractivity contribution in [2.75, 3.05) is 0 Å². The van der Waals surface area contributed by atoms with Gasteiger partial charge >= 0.3 is 0 Å². The van der Waals surface area contributed by atoms with Gasteiger partial charge in [-0.2, -0.15) is 0 Å². The van der Waals surface area contributed by atoms with Crippen LogP contribution >= 0.6 is 0 Å². The molecule has 1 atom stereocenters. The summed E-state index contributed by atoms with van der Waals surface area (Å²) in [5.41, 5.74) is 6.41. The molecule has 1 aliphatic rings. The second kappa shape index (κ2) is 5.58. The highest BCUT2D eigenvalue weighted by Gasteiger charge is 2.21. The molecule has 0 amide bonds. The van der Waals surface area contributed by atoms with Gasteiger partial charge in [0.1, 0.15) is 0 Å². The molecule has 0 saturated heterocycles. The maximum Gasteiger partial charge on any atom is 0.0507 e. The zero-order valence-corrected chi connectivity index (χ0v) is 13.6. The van der Waals surface area contributed by atoms with E-state index in [1.54, 1.807) is 0 Å². The largest absolute Gasteiger partial charge is 0.384 e. The summed E-state index contributed by atoms with van der Waals surface area (Å²) in [4.78, 5) is 4.41. The third-order valence-electron chi connectivity index (χ3n) is 4.67. The van der Waals surface area contributed by atoms with E-state index >= 15 is 0 Å². The van der Waals surface area contributed by atoms with E-state index in [0.29, 0.717) is 6.04 Å². The van der Waals surface area contributed by atoms with Crippen molar-refractivity contribution in [2.24, 2.45) is 0 Å². The van der Waals surface area contributed by atoms with E-state index in [2.05, 4.69) is 70.5 Å². The molecule has 2 aromatic heterocycles. The highest BCUT2D eigenvalue weighted by atomic mass is 15.0. The van der Waals surface area contributed by atoms with Gasteiger partial charge in [0.25, 0.3) is 0 Å². The molecule has 3 heterocycles. The van der Waals surface area contributed by atoms with E-state index in [4.69, 9.17) is 0 Å². The van der Waals surface area contributed by atoms with Crippen molar-refractivity contribution >= 4 is 17.0 Å². The third-order valence-corrected chi connectivity index (χ3v) is 4.67. The second-order valence-electron chi connectivity index (χ2n) is 6.25. The minimum atomic E-state index is 0.349. The summed E-state index contributed by atoms with van der Waals surface area (Å²) in [7, 11) is 0. The molecule has 116 valence electrons. The number of pyridine rings is 1. The first kappa shape index (κ1) is 14.1. The number of nitrogens with one attached hydrogen (secondary N) is 1. The highest BCUT2D eigenvalue weighted by Crippen LogP contribution is 2.34. The first-order chi connectivity index (χ1) is 11.2. The van der Waals surface area contributed by atoms with Gasteiger partial charge in [0.2, 0.25) is 0 Å². The van der Waals surface area contributed by atoms with Crippen LogP contribution in [0.15, 0.2) is 48.8 Å². The molecule has 1 N–H and O–H groups in total. The molecular weight excluding hydrogens is 282 g/mol. The lowest BCUT2D eigenvalue weighted by atomic mass is 10.0. The monoisotopic (exact) mass is 303 g/mol. The van der Waals surface area contributed by atoms with Crippen LogP contribution in [0.5, 0.6) is 0 Å². The number of aromatic nitrogens is 2. The molecule has 1 aliphatic heterocycles. The Labute approximate surface area is 136 Å². The van der Waals surface area contributed by atoms with Crippen LogP contribution in [0.25, 0.3) is 17.0 Å². The molecule has 0 spiro atoms. The van der Waals surface area contributed by atoms with Gasteiger partial charge in [0.15, 0.2) is 0 Å². The Bertz CT molecular complexity index is 872. The molecule has 23 heavy (non-hydrogen) atoms. The molecule has 0 bridgehead atoms. The van der Waals surface area contributed by atoms with E-state index in [1.165, 1.54) is 27.7 Å². The fraction of sp³-hybridized carbons (Fsp3) is 0.250. The van der Waals surface area contributed by atoms with Gasteiger partial charge in [-0.15, -0.1) is 0 Å². The van der Waals surface area contributed by atoms with Crippen molar-refractivity contribution in [1.29, 1.82) is 0 Å². The maximum atomic E-state index is 4.41. The number of para-hydroxylation sites is 1. The van der Waals surface area contributed by atoms with Gasteiger partial charge in [0.05, 0.1) is 6.04 Å². The predicted molar refractivity (Wildman–Crippen MR) is 95.2 cm³/mol. The molecule has 3 heteroatoms. The van der Waals surface area contributed by atoms with Gasteiger partial charge < -0.3 is 9.88 Å². The third kappa shape index (κ3) is 2.42. The van der Waals surface area contributed by atoms with Crippen molar-refractivity contribution in [3.8, 4) is 0 Å². The molecule has 1 unspecified atom stereocenters. The first-order valence-corrected chi connectivity index (χ1v) is 8.19. The Kier molecular flexibility index (Phi) is 3.41. The summed E-state index contributed by atoms with van der Waals surface area (Å²) < 4.78 is 2.44. The zero-order valence-electron chi connectivity index (χ0n) is 13.6. The molecular formula is C20H21N3. The van der Waals surface area contributed by atoms with E-state index in [9.17, 15) is 0 Å². The Morgan fingerprint density at radius 1 is 1.17 bits per heavy atom. The molecule has 3 nitrogen and oxygen atoms in total. The molecule has 0 saturated carbocycles. The van der Waals surface area contributed by atoms with E-state index in [1.807, 2.05) is 13.1 Å². The van der Waals surface area contributed by atoms with Gasteiger partial charge in [-0.25, -0.2) is 0 Å². The lowest BCUT2D eigenvalue weighted by molar-refractivity contribution is 0.658. The van der Waals surface area contributed by atoms with Gasteiger partial charge in [-0.3, -0.25) is 4.98 Å². The smallest absolute Gasteiger partial charge is 0.0507 e. The number of hydrogen-bond acceptors (Lipinski definition) is 2. The molecule has 4 rings (SSSR count). The lowest BCUT2D eigenvalue weighted by Crippen LogP contribution is -2.17. The fourth-order valence-corrected chi connectivity index (χ4v) is 3.47. The summed E-state index contributed by atoms with van der Waals surface area (Å²) in [5.74, 6) is 0. The van der Waals surface area contributed by atoms with Crippen LogP contribution in [-0.2, 0) is 13.0 Å². The van der Waals surface area contributed by atoms with Crippen molar-refractivity contribution in [1.82, 2.24) is 14.9 Å². The summed E-state index contributed by atoms with van der Waals surface area (Å²) in [5, 5.41) is 4.78. The molecule has 0 fully saturated rings. The summed E-state index contributed by atoms with van der Waals surface area (Å²) >= 11 is 0. The Morgan fingerprint density at radius 2 is 2.04 bits per heavy atom. The van der Waals surface area contributed by atoms with Crippen molar-refractivity contribution in [2.45, 2.75) is 32.9 Å². The average molecular weight is 303 g/mol. The zero-order chi connectivity index (χ0) is 15.8. The standard InChI is InChI=1S/C20H21N3/c1-14-7-8-16(13-22-14)10-12-23-18-6-4-3-5-17(18)20-15(2)21-11-9-19(20)23/h3-9,11,13,15,21H,10,12H2,1-2H3. The summed E-state index contributed by atoms with van der Waals surface area (Å²) in [6, 6.07) is 13.3. The number of hydrogen-bond donors (Lipinski definition) is 1. The van der Waals surface area contributed by atoms with Crippen LogP contribution < -0.4 is 5.32 Å². The topological polar surface area (TPSA) is 29.9 Å².